The summed E-state index contributed by atoms with van der Waals surface area (Å²) in [6.45, 7) is 19.6. The van der Waals surface area contributed by atoms with E-state index in [0.29, 0.717) is 12.8 Å². The Bertz CT molecular complexity index is 690. The predicted molar refractivity (Wildman–Crippen MR) is 121 cm³/mol. The second-order valence-corrected chi connectivity index (χ2v) is 17.4. The zero-order valence-corrected chi connectivity index (χ0v) is 22.0. The first-order valence-corrected chi connectivity index (χ1v) is 15.1. The van der Waals surface area contributed by atoms with E-state index in [2.05, 4.69) is 47.7 Å². The van der Waals surface area contributed by atoms with E-state index < -0.39 is 25.5 Å². The highest BCUT2D eigenvalue weighted by molar-refractivity contribution is 6.74. The van der Waals surface area contributed by atoms with Gasteiger partial charge in [-0.2, -0.15) is 0 Å². The van der Waals surface area contributed by atoms with E-state index in [4.69, 9.17) is 23.4 Å². The molecule has 0 aromatic rings. The molecule has 0 amide bonds. The summed E-state index contributed by atoms with van der Waals surface area (Å²) in [5.41, 5.74) is -0.480. The summed E-state index contributed by atoms with van der Waals surface area (Å²) in [4.78, 5) is 0. The molecule has 1 N–H and O–H groups in total. The molecule has 0 aromatic heterocycles. The van der Waals surface area contributed by atoms with Crippen LogP contribution < -0.4 is 0 Å². The van der Waals surface area contributed by atoms with Crippen molar-refractivity contribution in [3.05, 3.63) is 0 Å². The quantitative estimate of drug-likeness (QED) is 0.603. The molecule has 4 fully saturated rings. The Morgan fingerprint density at radius 1 is 1.10 bits per heavy atom. The summed E-state index contributed by atoms with van der Waals surface area (Å²) < 4.78 is 31.9. The Balaban J connectivity index is 1.43. The summed E-state index contributed by atoms with van der Waals surface area (Å²) in [6, 6.07) is 0. The summed E-state index contributed by atoms with van der Waals surface area (Å²) in [5, 5.41) is 11.7. The third-order valence-electron chi connectivity index (χ3n) is 8.53. The van der Waals surface area contributed by atoms with Crippen molar-refractivity contribution >= 4 is 8.32 Å². The van der Waals surface area contributed by atoms with Gasteiger partial charge in [0.25, 0.3) is 0 Å². The number of ether oxygens (including phenoxy) is 4. The highest BCUT2D eigenvalue weighted by Crippen LogP contribution is 2.55. The smallest absolute Gasteiger partial charge is 0.192 e. The van der Waals surface area contributed by atoms with Crippen LogP contribution >= 0.6 is 0 Å². The lowest BCUT2D eigenvalue weighted by molar-refractivity contribution is -0.317. The van der Waals surface area contributed by atoms with Crippen molar-refractivity contribution in [1.29, 1.82) is 0 Å². The van der Waals surface area contributed by atoms with Crippen molar-refractivity contribution < 1.29 is 28.5 Å². The van der Waals surface area contributed by atoms with E-state index in [1.807, 2.05) is 13.8 Å². The van der Waals surface area contributed by atoms with Crippen LogP contribution in [0.1, 0.15) is 80.6 Å². The molecule has 7 heteroatoms. The molecule has 1 unspecified atom stereocenters. The van der Waals surface area contributed by atoms with Gasteiger partial charge in [-0.05, 0) is 51.2 Å². The third kappa shape index (κ3) is 4.41. The van der Waals surface area contributed by atoms with Crippen LogP contribution in [-0.2, 0) is 23.4 Å². The molecular formula is C24H44O6Si. The molecule has 4 aliphatic rings. The van der Waals surface area contributed by atoms with Gasteiger partial charge in [0, 0.05) is 31.8 Å². The van der Waals surface area contributed by atoms with E-state index in [0.717, 1.165) is 19.3 Å². The van der Waals surface area contributed by atoms with Crippen LogP contribution in [0.4, 0.5) is 0 Å². The Hall–Kier alpha value is -0.0231. The second kappa shape index (κ2) is 7.49. The molecule has 0 radical (unpaired) electrons. The van der Waals surface area contributed by atoms with Crippen LogP contribution in [0.3, 0.4) is 0 Å². The Morgan fingerprint density at radius 2 is 1.74 bits per heavy atom. The molecular weight excluding hydrogens is 412 g/mol. The monoisotopic (exact) mass is 456 g/mol. The van der Waals surface area contributed by atoms with Gasteiger partial charge in [-0.25, -0.2) is 0 Å². The molecule has 3 aliphatic heterocycles. The van der Waals surface area contributed by atoms with Crippen molar-refractivity contribution in [1.82, 2.24) is 0 Å². The van der Waals surface area contributed by atoms with E-state index in [1.54, 1.807) is 0 Å². The fourth-order valence-electron chi connectivity index (χ4n) is 5.78. The third-order valence-corrected chi connectivity index (χ3v) is 13.1. The van der Waals surface area contributed by atoms with E-state index in [9.17, 15) is 5.11 Å². The lowest BCUT2D eigenvalue weighted by Crippen LogP contribution is -2.58. The average Bonchev–Trinajstić information content (AvgIpc) is 3.06. The molecule has 3 heterocycles. The maximum Gasteiger partial charge on any atom is 0.192 e. The highest BCUT2D eigenvalue weighted by Gasteiger charge is 2.66. The van der Waals surface area contributed by atoms with Crippen molar-refractivity contribution in [2.75, 3.05) is 0 Å². The minimum Gasteiger partial charge on any atom is -0.414 e. The first-order valence-electron chi connectivity index (χ1n) is 12.2. The van der Waals surface area contributed by atoms with Crippen molar-refractivity contribution in [2.24, 2.45) is 5.92 Å². The molecule has 3 saturated heterocycles. The van der Waals surface area contributed by atoms with Gasteiger partial charge < -0.3 is 28.5 Å². The summed E-state index contributed by atoms with van der Waals surface area (Å²) in [6.07, 6.45) is 3.42. The van der Waals surface area contributed by atoms with E-state index >= 15 is 0 Å². The molecule has 1 spiro atoms. The Kier molecular flexibility index (Phi) is 5.82. The predicted octanol–water partition coefficient (Wildman–Crippen LogP) is 4.74. The van der Waals surface area contributed by atoms with Gasteiger partial charge in [-0.3, -0.25) is 0 Å². The number of hydrogen-bond acceptors (Lipinski definition) is 6. The lowest BCUT2D eigenvalue weighted by atomic mass is 9.75. The first kappa shape index (κ1) is 24.1. The first-order chi connectivity index (χ1) is 14.0. The van der Waals surface area contributed by atoms with E-state index in [1.165, 1.54) is 0 Å². The minimum atomic E-state index is -1.87. The van der Waals surface area contributed by atoms with Gasteiger partial charge >= 0.3 is 0 Å². The van der Waals surface area contributed by atoms with Crippen molar-refractivity contribution in [2.45, 2.75) is 146 Å². The van der Waals surface area contributed by atoms with Gasteiger partial charge in [0.2, 0.25) is 0 Å². The second-order valence-electron chi connectivity index (χ2n) is 12.6. The molecule has 2 bridgehead atoms. The zero-order chi connectivity index (χ0) is 23.0. The van der Waals surface area contributed by atoms with Gasteiger partial charge in [0.1, 0.15) is 11.7 Å². The Labute approximate surface area is 189 Å². The highest BCUT2D eigenvalue weighted by atomic mass is 28.4. The largest absolute Gasteiger partial charge is 0.414 e. The van der Waals surface area contributed by atoms with Gasteiger partial charge in [0.05, 0.1) is 18.3 Å². The van der Waals surface area contributed by atoms with Crippen LogP contribution in [0.5, 0.6) is 0 Å². The summed E-state index contributed by atoms with van der Waals surface area (Å²) in [7, 11) is -1.87. The summed E-state index contributed by atoms with van der Waals surface area (Å²) in [5.74, 6) is -1.56. The molecule has 1 saturated carbocycles. The maximum absolute atomic E-state index is 11.6. The van der Waals surface area contributed by atoms with Crippen molar-refractivity contribution in [3.63, 3.8) is 0 Å². The van der Waals surface area contributed by atoms with Gasteiger partial charge in [-0.15, -0.1) is 0 Å². The van der Waals surface area contributed by atoms with Crippen LogP contribution in [0.25, 0.3) is 0 Å². The topological polar surface area (TPSA) is 66.4 Å². The average molecular weight is 457 g/mol. The molecule has 31 heavy (non-hydrogen) atoms. The van der Waals surface area contributed by atoms with Gasteiger partial charge in [-0.1, -0.05) is 27.7 Å². The number of aliphatic hydroxyl groups is 1. The van der Waals surface area contributed by atoms with E-state index in [-0.39, 0.29) is 41.5 Å². The number of fused-ring (bicyclic) bond motifs is 3. The molecule has 180 valence electrons. The van der Waals surface area contributed by atoms with Crippen LogP contribution in [0.15, 0.2) is 0 Å². The van der Waals surface area contributed by atoms with Crippen molar-refractivity contribution in [3.8, 4) is 0 Å². The summed E-state index contributed by atoms with van der Waals surface area (Å²) >= 11 is 0. The lowest BCUT2D eigenvalue weighted by Gasteiger charge is -2.49. The molecule has 4 rings (SSSR count). The molecule has 0 aromatic carbocycles. The molecule has 8 atom stereocenters. The SMILES string of the molecule is C[C@H](C[C@]1(O)CC[C@@H]2O[C@@H]3C[C@]2(C[C@H]2OC(C)(C)OC32)O1)[C@@H](C)O[Si](C)(C)C(C)(C)C. The fraction of sp³-hybridized carbons (Fsp3) is 1.00. The number of hydrogen-bond donors (Lipinski definition) is 1. The number of rotatable bonds is 5. The minimum absolute atomic E-state index is 0.00916. The van der Waals surface area contributed by atoms with Crippen LogP contribution in [-0.4, -0.2) is 61.1 Å². The standard InChI is InChI=1S/C24H44O6Si/c1-15(16(2)29-31(8,9)21(3,4)5)12-24(25)11-10-19-23(30-24)13-17(26-19)20-18(14-23)27-22(6,7)28-20/h15-20,25H,10-14H2,1-9H3/t15-,16-,17-,18-,19+,20?,23-,24+/m1/s1. The normalized spacial score (nSPS) is 43.9. The van der Waals surface area contributed by atoms with Gasteiger partial charge in [0.15, 0.2) is 19.9 Å². The van der Waals surface area contributed by atoms with Crippen LogP contribution in [0, 0.1) is 5.92 Å². The fourth-order valence-corrected chi connectivity index (χ4v) is 7.29. The maximum atomic E-state index is 11.6. The molecule has 1 aliphatic carbocycles. The zero-order valence-electron chi connectivity index (χ0n) is 21.0. The van der Waals surface area contributed by atoms with Crippen LogP contribution in [0.2, 0.25) is 18.1 Å². The Morgan fingerprint density at radius 3 is 2.39 bits per heavy atom. The molecule has 6 nitrogen and oxygen atoms in total.